The Hall–Kier alpha value is -4.95. The van der Waals surface area contributed by atoms with Crippen molar-refractivity contribution in [1.82, 2.24) is 4.98 Å². The minimum Gasteiger partial charge on any atom is -0.455 e. The molecule has 0 radical (unpaired) electrons. The van der Waals surface area contributed by atoms with Crippen LogP contribution in [0.5, 0.6) is 0 Å². The normalized spacial score (nSPS) is 11.8. The molecule has 0 fully saturated rings. The summed E-state index contributed by atoms with van der Waals surface area (Å²) in [6, 6.07) is 42.9. The van der Waals surface area contributed by atoms with Gasteiger partial charge in [0.2, 0.25) is 0 Å². The molecule has 2 heterocycles. The van der Waals surface area contributed by atoms with Crippen molar-refractivity contribution >= 4 is 54.4 Å². The van der Waals surface area contributed by atoms with Crippen LogP contribution in [0, 0.1) is 0 Å². The molecule has 8 aromatic rings. The molecule has 0 aliphatic rings. The second-order valence-corrected chi connectivity index (χ2v) is 9.51. The molecule has 2 aromatic heterocycles. The van der Waals surface area contributed by atoms with E-state index in [4.69, 9.17) is 9.40 Å². The number of pyridine rings is 1. The van der Waals surface area contributed by atoms with E-state index in [2.05, 4.69) is 115 Å². The van der Waals surface area contributed by atoms with Crippen molar-refractivity contribution in [3.63, 3.8) is 0 Å². The van der Waals surface area contributed by atoms with E-state index in [1.807, 2.05) is 12.3 Å². The maximum atomic E-state index is 6.62. The summed E-state index contributed by atoms with van der Waals surface area (Å²) < 4.78 is 6.62. The van der Waals surface area contributed by atoms with Crippen LogP contribution in [-0.2, 0) is 0 Å². The second kappa shape index (κ2) is 7.78. The first-order chi connectivity index (χ1) is 18.4. The Kier molecular flexibility index (Phi) is 4.26. The van der Waals surface area contributed by atoms with Crippen LogP contribution in [0.3, 0.4) is 0 Å². The van der Waals surface area contributed by atoms with E-state index in [0.717, 1.165) is 38.4 Å². The summed E-state index contributed by atoms with van der Waals surface area (Å²) in [5.41, 5.74) is 7.53. The number of rotatable bonds is 2. The van der Waals surface area contributed by atoms with Crippen LogP contribution in [0.25, 0.3) is 76.6 Å². The van der Waals surface area contributed by atoms with Gasteiger partial charge in [0.25, 0.3) is 0 Å². The van der Waals surface area contributed by atoms with Gasteiger partial charge in [0.1, 0.15) is 11.2 Å². The summed E-state index contributed by atoms with van der Waals surface area (Å²) in [6.07, 6.45) is 1.85. The summed E-state index contributed by atoms with van der Waals surface area (Å²) in [7, 11) is 0. The fourth-order valence-electron chi connectivity index (χ4n) is 5.96. The molecular weight excluding hydrogens is 450 g/mol. The summed E-state index contributed by atoms with van der Waals surface area (Å²) in [6.45, 7) is 0. The van der Waals surface area contributed by atoms with E-state index in [1.165, 1.54) is 38.2 Å². The Morgan fingerprint density at radius 1 is 0.486 bits per heavy atom. The monoisotopic (exact) mass is 471 g/mol. The lowest BCUT2D eigenvalue weighted by atomic mass is 9.85. The highest BCUT2D eigenvalue weighted by atomic mass is 16.3. The Balaban J connectivity index is 1.56. The highest BCUT2D eigenvalue weighted by molar-refractivity contribution is 6.25. The topological polar surface area (TPSA) is 26.0 Å². The van der Waals surface area contributed by atoms with Gasteiger partial charge >= 0.3 is 0 Å². The first-order valence-corrected chi connectivity index (χ1v) is 12.6. The minimum atomic E-state index is 0.864. The van der Waals surface area contributed by atoms with Crippen LogP contribution >= 0.6 is 0 Å². The predicted molar refractivity (Wildman–Crippen MR) is 155 cm³/mol. The van der Waals surface area contributed by atoms with Crippen molar-refractivity contribution in [2.45, 2.75) is 0 Å². The molecule has 0 aliphatic heterocycles. The molecular formula is C35H21NO. The third kappa shape index (κ3) is 2.90. The number of hydrogen-bond donors (Lipinski definition) is 0. The first-order valence-electron chi connectivity index (χ1n) is 12.6. The molecule has 0 amide bonds. The van der Waals surface area contributed by atoms with Gasteiger partial charge in [0.05, 0.1) is 10.9 Å². The van der Waals surface area contributed by atoms with Crippen molar-refractivity contribution in [2.24, 2.45) is 0 Å². The van der Waals surface area contributed by atoms with Gasteiger partial charge < -0.3 is 4.42 Å². The number of nitrogens with zero attached hydrogens (tertiary/aromatic N) is 1. The van der Waals surface area contributed by atoms with Crippen LogP contribution in [0.2, 0.25) is 0 Å². The smallest absolute Gasteiger partial charge is 0.143 e. The van der Waals surface area contributed by atoms with E-state index in [0.29, 0.717) is 0 Å². The minimum absolute atomic E-state index is 0.864. The third-order valence-corrected chi connectivity index (χ3v) is 7.50. The molecule has 0 bridgehead atoms. The zero-order chi connectivity index (χ0) is 24.3. The van der Waals surface area contributed by atoms with Gasteiger partial charge in [0.15, 0.2) is 0 Å². The Labute approximate surface area is 213 Å². The highest BCUT2D eigenvalue weighted by Crippen LogP contribution is 2.46. The standard InChI is InChI=1S/C35H21NO/c1-2-10-22(11-3-1)31-24-13-4-6-15-26(24)32(27-16-7-5-14-25(27)31)28-17-8-18-29-33-30(37-35(28)29)20-19-23-12-9-21-36-34(23)33/h1-21H. The molecule has 37 heavy (non-hydrogen) atoms. The SMILES string of the molecule is c1ccc(-c2c3ccccc3c(-c3cccc4c3oc3ccc5cccnc5c34)c3ccccc23)cc1. The average Bonchev–Trinajstić information content (AvgIpc) is 3.36. The number of hydrogen-bond acceptors (Lipinski definition) is 2. The lowest BCUT2D eigenvalue weighted by Crippen LogP contribution is -1.90. The number of furan rings is 1. The molecule has 0 unspecified atom stereocenters. The number of fused-ring (bicyclic) bond motifs is 7. The van der Waals surface area contributed by atoms with Gasteiger partial charge in [-0.25, -0.2) is 0 Å². The zero-order valence-corrected chi connectivity index (χ0v) is 20.0. The Bertz CT molecular complexity index is 2080. The van der Waals surface area contributed by atoms with Crippen LogP contribution in [0.15, 0.2) is 132 Å². The summed E-state index contributed by atoms with van der Waals surface area (Å²) in [4.78, 5) is 4.72. The van der Waals surface area contributed by atoms with Gasteiger partial charge in [-0.05, 0) is 50.9 Å². The van der Waals surface area contributed by atoms with E-state index in [1.54, 1.807) is 0 Å². The first kappa shape index (κ1) is 20.3. The van der Waals surface area contributed by atoms with Gasteiger partial charge in [-0.3, -0.25) is 4.98 Å². The van der Waals surface area contributed by atoms with Crippen LogP contribution in [-0.4, -0.2) is 4.98 Å². The Morgan fingerprint density at radius 3 is 1.86 bits per heavy atom. The third-order valence-electron chi connectivity index (χ3n) is 7.50. The van der Waals surface area contributed by atoms with Crippen molar-refractivity contribution in [3.8, 4) is 22.3 Å². The maximum absolute atomic E-state index is 6.62. The second-order valence-electron chi connectivity index (χ2n) is 9.51. The molecule has 6 aromatic carbocycles. The van der Waals surface area contributed by atoms with E-state index in [9.17, 15) is 0 Å². The fraction of sp³-hybridized carbons (Fsp3) is 0. The molecule has 0 atom stereocenters. The molecule has 0 aliphatic carbocycles. The van der Waals surface area contributed by atoms with Crippen molar-refractivity contribution in [3.05, 3.63) is 128 Å². The summed E-state index contributed by atoms with van der Waals surface area (Å²) >= 11 is 0. The molecule has 2 nitrogen and oxygen atoms in total. The number of benzene rings is 6. The van der Waals surface area contributed by atoms with Crippen molar-refractivity contribution in [1.29, 1.82) is 0 Å². The molecule has 0 saturated heterocycles. The van der Waals surface area contributed by atoms with E-state index >= 15 is 0 Å². The molecule has 2 heteroatoms. The molecule has 0 saturated carbocycles. The quantitative estimate of drug-likeness (QED) is 0.235. The highest BCUT2D eigenvalue weighted by Gasteiger charge is 2.20. The average molecular weight is 472 g/mol. The molecule has 0 N–H and O–H groups in total. The van der Waals surface area contributed by atoms with E-state index in [-0.39, 0.29) is 0 Å². The van der Waals surface area contributed by atoms with Gasteiger partial charge in [-0.2, -0.15) is 0 Å². The van der Waals surface area contributed by atoms with Gasteiger partial charge in [-0.15, -0.1) is 0 Å². The maximum Gasteiger partial charge on any atom is 0.143 e. The van der Waals surface area contributed by atoms with Crippen LogP contribution in [0.4, 0.5) is 0 Å². The van der Waals surface area contributed by atoms with Crippen molar-refractivity contribution in [2.75, 3.05) is 0 Å². The predicted octanol–water partition coefficient (Wildman–Crippen LogP) is 9.77. The number of para-hydroxylation sites is 1. The van der Waals surface area contributed by atoms with E-state index < -0.39 is 0 Å². The molecule has 172 valence electrons. The van der Waals surface area contributed by atoms with Crippen LogP contribution < -0.4 is 0 Å². The molecule has 8 rings (SSSR count). The molecule has 0 spiro atoms. The van der Waals surface area contributed by atoms with Gasteiger partial charge in [0, 0.05) is 28.1 Å². The zero-order valence-electron chi connectivity index (χ0n) is 20.0. The fourth-order valence-corrected chi connectivity index (χ4v) is 5.96. The lowest BCUT2D eigenvalue weighted by molar-refractivity contribution is 0.670. The van der Waals surface area contributed by atoms with Crippen LogP contribution in [0.1, 0.15) is 0 Å². The van der Waals surface area contributed by atoms with Crippen molar-refractivity contribution < 1.29 is 4.42 Å². The lowest BCUT2D eigenvalue weighted by Gasteiger charge is -2.17. The summed E-state index contributed by atoms with van der Waals surface area (Å²) in [5.74, 6) is 0. The van der Waals surface area contributed by atoms with Gasteiger partial charge in [-0.1, -0.05) is 103 Å². The summed E-state index contributed by atoms with van der Waals surface area (Å²) in [5, 5.41) is 8.20. The number of aromatic nitrogens is 1. The largest absolute Gasteiger partial charge is 0.455 e. The Morgan fingerprint density at radius 2 is 1.14 bits per heavy atom.